The molecule has 0 amide bonds. The summed E-state index contributed by atoms with van der Waals surface area (Å²) in [7, 11) is 1.50. The van der Waals surface area contributed by atoms with Crippen LogP contribution in [0.5, 0.6) is 0 Å². The van der Waals surface area contributed by atoms with E-state index >= 15 is 0 Å². The zero-order valence-electron chi connectivity index (χ0n) is 20.2. The largest absolute Gasteiger partial charge is 0.333 e. The zero-order valence-corrected chi connectivity index (χ0v) is 21.0. The first kappa shape index (κ1) is 26.6. The molecule has 0 radical (unpaired) electrons. The van der Waals surface area contributed by atoms with Crippen molar-refractivity contribution in [1.29, 1.82) is 0 Å². The number of hydrogen-bond donors (Lipinski definition) is 2. The van der Waals surface area contributed by atoms with Gasteiger partial charge in [0.15, 0.2) is 0 Å². The molecule has 0 saturated heterocycles. The molecule has 4 heteroatoms. The van der Waals surface area contributed by atoms with Gasteiger partial charge in [-0.1, -0.05) is 85.8 Å². The SMILES string of the molecule is C=C(C)CSCC1=Nc2cc(-c3ccccc3)ccc2C1.CCc1cccc(CN)c1.CN. The van der Waals surface area contributed by atoms with Crippen molar-refractivity contribution in [3.63, 3.8) is 0 Å². The van der Waals surface area contributed by atoms with Crippen molar-refractivity contribution in [2.75, 3.05) is 18.6 Å². The van der Waals surface area contributed by atoms with Gasteiger partial charge in [-0.05, 0) is 54.3 Å². The highest BCUT2D eigenvalue weighted by Crippen LogP contribution is 2.32. The van der Waals surface area contributed by atoms with E-state index in [1.54, 1.807) is 0 Å². The van der Waals surface area contributed by atoms with Crippen LogP contribution in [0.15, 0.2) is 89.9 Å². The highest BCUT2D eigenvalue weighted by Gasteiger charge is 2.15. The molecule has 33 heavy (non-hydrogen) atoms. The van der Waals surface area contributed by atoms with E-state index in [4.69, 9.17) is 10.7 Å². The highest BCUT2D eigenvalue weighted by atomic mass is 32.2. The van der Waals surface area contributed by atoms with E-state index in [0.29, 0.717) is 6.54 Å². The normalized spacial score (nSPS) is 11.4. The van der Waals surface area contributed by atoms with Crippen molar-refractivity contribution >= 4 is 23.2 Å². The van der Waals surface area contributed by atoms with E-state index in [0.717, 1.165) is 30.0 Å². The second kappa shape index (κ2) is 14.5. The minimum absolute atomic E-state index is 0.647. The van der Waals surface area contributed by atoms with Gasteiger partial charge in [-0.3, -0.25) is 4.99 Å². The van der Waals surface area contributed by atoms with Crippen molar-refractivity contribution < 1.29 is 0 Å². The van der Waals surface area contributed by atoms with Gasteiger partial charge in [-0.2, -0.15) is 11.8 Å². The second-order valence-corrected chi connectivity index (χ2v) is 8.88. The van der Waals surface area contributed by atoms with Gasteiger partial charge in [0.05, 0.1) is 5.69 Å². The van der Waals surface area contributed by atoms with Crippen molar-refractivity contribution in [2.24, 2.45) is 16.5 Å². The fourth-order valence-corrected chi connectivity index (χ4v) is 4.31. The number of fused-ring (bicyclic) bond motifs is 1. The number of nitrogens with zero attached hydrogens (tertiary/aromatic N) is 1. The summed E-state index contributed by atoms with van der Waals surface area (Å²) in [6.45, 7) is 8.81. The molecule has 3 nitrogen and oxygen atoms in total. The van der Waals surface area contributed by atoms with Crippen molar-refractivity contribution in [3.8, 4) is 11.1 Å². The van der Waals surface area contributed by atoms with Crippen LogP contribution in [-0.2, 0) is 19.4 Å². The summed E-state index contributed by atoms with van der Waals surface area (Å²) in [6, 6.07) is 25.5. The zero-order chi connectivity index (χ0) is 24.1. The van der Waals surface area contributed by atoms with Crippen LogP contribution in [0.1, 0.15) is 30.5 Å². The Morgan fingerprint density at radius 1 is 0.939 bits per heavy atom. The minimum Gasteiger partial charge on any atom is -0.333 e. The molecule has 3 aromatic rings. The van der Waals surface area contributed by atoms with Crippen LogP contribution in [0.2, 0.25) is 0 Å². The lowest BCUT2D eigenvalue weighted by Gasteiger charge is -2.03. The molecule has 3 aromatic carbocycles. The summed E-state index contributed by atoms with van der Waals surface area (Å²) in [5.74, 6) is 2.02. The summed E-state index contributed by atoms with van der Waals surface area (Å²) in [6.07, 6.45) is 2.08. The average molecular weight is 460 g/mol. The lowest BCUT2D eigenvalue weighted by molar-refractivity contribution is 1.05. The van der Waals surface area contributed by atoms with Gasteiger partial charge in [0.25, 0.3) is 0 Å². The van der Waals surface area contributed by atoms with Gasteiger partial charge >= 0.3 is 0 Å². The monoisotopic (exact) mass is 459 g/mol. The van der Waals surface area contributed by atoms with Crippen LogP contribution >= 0.6 is 11.8 Å². The first-order chi connectivity index (χ1) is 16.1. The van der Waals surface area contributed by atoms with E-state index in [1.807, 2.05) is 17.8 Å². The number of thioether (sulfide) groups is 1. The fourth-order valence-electron chi connectivity index (χ4n) is 3.46. The first-order valence-electron chi connectivity index (χ1n) is 11.4. The fraction of sp³-hybridized carbons (Fsp3) is 0.276. The maximum atomic E-state index is 5.47. The van der Waals surface area contributed by atoms with Gasteiger partial charge in [0, 0.05) is 30.2 Å². The van der Waals surface area contributed by atoms with E-state index < -0.39 is 0 Å². The summed E-state index contributed by atoms with van der Waals surface area (Å²) < 4.78 is 0. The van der Waals surface area contributed by atoms with Crippen LogP contribution in [0.3, 0.4) is 0 Å². The molecule has 0 aliphatic carbocycles. The van der Waals surface area contributed by atoms with E-state index in [-0.39, 0.29) is 0 Å². The molecule has 0 bridgehead atoms. The number of nitrogens with two attached hydrogens (primary N) is 2. The summed E-state index contributed by atoms with van der Waals surface area (Å²) in [4.78, 5) is 4.80. The molecule has 1 aliphatic heterocycles. The molecule has 0 spiro atoms. The molecule has 0 fully saturated rings. The third kappa shape index (κ3) is 8.65. The molecule has 0 unspecified atom stereocenters. The molecule has 4 N–H and O–H groups in total. The van der Waals surface area contributed by atoms with Crippen LogP contribution in [-0.4, -0.2) is 24.3 Å². The van der Waals surface area contributed by atoms with Gasteiger partial charge < -0.3 is 11.5 Å². The van der Waals surface area contributed by atoms with Gasteiger partial charge in [-0.15, -0.1) is 0 Å². The summed E-state index contributed by atoms with van der Waals surface area (Å²) >= 11 is 1.90. The smallest absolute Gasteiger partial charge is 0.0671 e. The molecule has 174 valence electrons. The Kier molecular flexibility index (Phi) is 11.7. The lowest BCUT2D eigenvalue weighted by atomic mass is 10.0. The Hall–Kier alpha value is -2.66. The Balaban J connectivity index is 0.000000270. The molecule has 0 atom stereocenters. The lowest BCUT2D eigenvalue weighted by Crippen LogP contribution is -2.02. The standard InChI is InChI=1S/C19H19NS.C9H13N.CH5N/c1-14(2)12-21-13-18-10-17-9-8-16(11-19(17)20-18)15-6-4-3-5-7-15;1-2-8-4-3-5-9(6-8)7-10;1-2/h3-9,11H,1,10,12-13H2,2H3;3-6H,2,7,10H2,1H3;2H2,1H3. The quantitative estimate of drug-likeness (QED) is 0.393. The van der Waals surface area contributed by atoms with E-state index in [2.05, 4.69) is 92.9 Å². The summed E-state index contributed by atoms with van der Waals surface area (Å²) in [5, 5.41) is 0. The summed E-state index contributed by atoms with van der Waals surface area (Å²) in [5.41, 5.74) is 20.0. The molecular formula is C29H37N3S. The number of rotatable bonds is 7. The van der Waals surface area contributed by atoms with Crippen molar-refractivity contribution in [2.45, 2.75) is 33.2 Å². The number of aliphatic imine (C=N–C) groups is 1. The van der Waals surface area contributed by atoms with Crippen LogP contribution in [0, 0.1) is 0 Å². The Morgan fingerprint density at radius 3 is 2.33 bits per heavy atom. The van der Waals surface area contributed by atoms with Gasteiger partial charge in [0.1, 0.15) is 0 Å². The third-order valence-corrected chi connectivity index (χ3v) is 6.35. The molecule has 0 saturated carbocycles. The molecule has 0 aromatic heterocycles. The molecule has 4 rings (SSSR count). The Labute approximate surface area is 204 Å². The third-order valence-electron chi connectivity index (χ3n) is 5.12. The van der Waals surface area contributed by atoms with Crippen LogP contribution in [0.4, 0.5) is 5.69 Å². The average Bonchev–Trinajstić information content (AvgIpc) is 3.28. The number of benzene rings is 3. The topological polar surface area (TPSA) is 64.4 Å². The molecule has 1 heterocycles. The second-order valence-electron chi connectivity index (χ2n) is 7.89. The Bertz CT molecular complexity index is 1020. The van der Waals surface area contributed by atoms with Gasteiger partial charge in [0.2, 0.25) is 0 Å². The van der Waals surface area contributed by atoms with Gasteiger partial charge in [-0.25, -0.2) is 0 Å². The van der Waals surface area contributed by atoms with Crippen LogP contribution < -0.4 is 11.5 Å². The predicted molar refractivity (Wildman–Crippen MR) is 149 cm³/mol. The van der Waals surface area contributed by atoms with Crippen molar-refractivity contribution in [1.82, 2.24) is 0 Å². The van der Waals surface area contributed by atoms with E-state index in [1.165, 1.54) is 46.1 Å². The predicted octanol–water partition coefficient (Wildman–Crippen LogP) is 6.57. The van der Waals surface area contributed by atoms with E-state index in [9.17, 15) is 0 Å². The highest BCUT2D eigenvalue weighted by molar-refractivity contribution is 8.00. The maximum absolute atomic E-state index is 5.47. The van der Waals surface area contributed by atoms with Crippen molar-refractivity contribution in [3.05, 3.63) is 102 Å². The maximum Gasteiger partial charge on any atom is 0.0671 e. The number of aryl methyl sites for hydroxylation is 1. The molecular weight excluding hydrogens is 422 g/mol. The first-order valence-corrected chi connectivity index (χ1v) is 12.6. The minimum atomic E-state index is 0.647. The van der Waals surface area contributed by atoms with Crippen LogP contribution in [0.25, 0.3) is 11.1 Å². The molecule has 1 aliphatic rings. The Morgan fingerprint density at radius 2 is 1.67 bits per heavy atom. The number of hydrogen-bond acceptors (Lipinski definition) is 4.